The van der Waals surface area contributed by atoms with Gasteiger partial charge in [-0.25, -0.2) is 0 Å². The normalized spacial score (nSPS) is 34.4. The number of hydrogen-bond acceptors (Lipinski definition) is 1. The molecule has 1 nitrogen and oxygen atoms in total. The highest BCUT2D eigenvalue weighted by Gasteiger charge is 2.24. The van der Waals surface area contributed by atoms with Gasteiger partial charge in [-0.3, -0.25) is 0 Å². The molecule has 13 heavy (non-hydrogen) atoms. The molecule has 0 amide bonds. The van der Waals surface area contributed by atoms with Crippen molar-refractivity contribution < 1.29 is 5.11 Å². The van der Waals surface area contributed by atoms with Crippen molar-refractivity contribution >= 4 is 0 Å². The Hall–Kier alpha value is -0.560. The van der Waals surface area contributed by atoms with Gasteiger partial charge in [0, 0.05) is 0 Å². The minimum Gasteiger partial charge on any atom is -0.385 e. The second-order valence-corrected chi connectivity index (χ2v) is 4.33. The highest BCUT2D eigenvalue weighted by Crippen LogP contribution is 2.30. The first-order chi connectivity index (χ1) is 6.29. The Morgan fingerprint density at radius 1 is 1.15 bits per heavy atom. The summed E-state index contributed by atoms with van der Waals surface area (Å²) in [7, 11) is 0. The first-order valence-electron chi connectivity index (χ1n) is 5.39. The number of rotatable bonds is 0. The highest BCUT2D eigenvalue weighted by atomic mass is 16.3. The van der Waals surface area contributed by atoms with Crippen molar-refractivity contribution in [3.8, 4) is 0 Å². The lowest BCUT2D eigenvalue weighted by Gasteiger charge is -2.27. The molecule has 1 atom stereocenters. The zero-order valence-corrected chi connectivity index (χ0v) is 8.13. The lowest BCUT2D eigenvalue weighted by molar-refractivity contribution is 0.0792. The van der Waals surface area contributed by atoms with Gasteiger partial charge in [0.05, 0.1) is 5.60 Å². The van der Waals surface area contributed by atoms with Crippen molar-refractivity contribution in [1.29, 1.82) is 0 Å². The van der Waals surface area contributed by atoms with Gasteiger partial charge in [-0.2, -0.15) is 0 Å². The third-order valence-corrected chi connectivity index (χ3v) is 3.15. The molecular weight excluding hydrogens is 160 g/mol. The smallest absolute Gasteiger partial charge is 0.0865 e. The van der Waals surface area contributed by atoms with Gasteiger partial charge in [0.25, 0.3) is 0 Å². The largest absolute Gasteiger partial charge is 0.385 e. The zero-order valence-electron chi connectivity index (χ0n) is 8.13. The average Bonchev–Trinajstić information content (AvgIpc) is 2.16. The molecule has 3 aliphatic carbocycles. The first-order valence-corrected chi connectivity index (χ1v) is 5.39. The summed E-state index contributed by atoms with van der Waals surface area (Å²) in [4.78, 5) is 0. The van der Waals surface area contributed by atoms with Gasteiger partial charge < -0.3 is 5.11 Å². The van der Waals surface area contributed by atoms with Crippen LogP contribution >= 0.6 is 0 Å². The summed E-state index contributed by atoms with van der Waals surface area (Å²) in [5.41, 5.74) is 0.910. The van der Waals surface area contributed by atoms with Crippen molar-refractivity contribution in [1.82, 2.24) is 0 Å². The maximum absolute atomic E-state index is 10.1. The molecule has 1 heteroatoms. The Morgan fingerprint density at radius 3 is 2.77 bits per heavy atom. The van der Waals surface area contributed by atoms with Crippen LogP contribution in [0.25, 0.3) is 0 Å². The minimum absolute atomic E-state index is 0.513. The van der Waals surface area contributed by atoms with Crippen LogP contribution in [0.3, 0.4) is 0 Å². The van der Waals surface area contributed by atoms with Crippen LogP contribution in [0.2, 0.25) is 0 Å². The standard InChI is InChI=1S/C12H18O/c13-12-8-4-2-1-3-5-11(6-9-12)7-10-12/h6-7,9,13H,1-5,8,10H2. The SMILES string of the molecule is OC12C=CC(=CC1)CCCCCC2. The molecule has 0 aliphatic heterocycles. The molecule has 2 bridgehead atoms. The predicted octanol–water partition coefficient (Wildman–Crippen LogP) is 2.96. The molecule has 0 aromatic rings. The Balaban J connectivity index is 2.11. The van der Waals surface area contributed by atoms with E-state index in [1.54, 1.807) is 0 Å². The minimum atomic E-state index is -0.513. The summed E-state index contributed by atoms with van der Waals surface area (Å²) in [5.74, 6) is 0. The van der Waals surface area contributed by atoms with Crippen LogP contribution in [0.1, 0.15) is 44.9 Å². The fourth-order valence-electron chi connectivity index (χ4n) is 2.19. The molecule has 0 fully saturated rings. The molecule has 0 spiro atoms. The molecule has 1 N–H and O–H groups in total. The van der Waals surface area contributed by atoms with Crippen molar-refractivity contribution in [3.63, 3.8) is 0 Å². The quantitative estimate of drug-likeness (QED) is 0.604. The Morgan fingerprint density at radius 2 is 2.00 bits per heavy atom. The highest BCUT2D eigenvalue weighted by molar-refractivity contribution is 5.27. The van der Waals surface area contributed by atoms with Gasteiger partial charge >= 0.3 is 0 Å². The van der Waals surface area contributed by atoms with Gasteiger partial charge in [0.2, 0.25) is 0 Å². The zero-order chi connectivity index (χ0) is 9.15. The molecule has 1 unspecified atom stereocenters. The van der Waals surface area contributed by atoms with E-state index >= 15 is 0 Å². The first kappa shape index (κ1) is 9.01. The molecule has 0 saturated heterocycles. The van der Waals surface area contributed by atoms with E-state index in [0.29, 0.717) is 0 Å². The van der Waals surface area contributed by atoms with Crippen molar-refractivity contribution in [2.45, 2.75) is 50.5 Å². The molecule has 0 aromatic carbocycles. The number of hydrogen-bond donors (Lipinski definition) is 1. The summed E-state index contributed by atoms with van der Waals surface area (Å²) in [6.07, 6.45) is 14.4. The summed E-state index contributed by atoms with van der Waals surface area (Å²) in [6.45, 7) is 0. The molecule has 3 aliphatic rings. The Bertz CT molecular complexity index is 240. The van der Waals surface area contributed by atoms with Crippen LogP contribution in [0.15, 0.2) is 23.8 Å². The number of aliphatic hydroxyl groups is 1. The van der Waals surface area contributed by atoms with Crippen LogP contribution in [-0.2, 0) is 0 Å². The van der Waals surface area contributed by atoms with Crippen LogP contribution in [0.4, 0.5) is 0 Å². The molecule has 72 valence electrons. The fraction of sp³-hybridized carbons (Fsp3) is 0.667. The topological polar surface area (TPSA) is 20.2 Å². The lowest BCUT2D eigenvalue weighted by Crippen LogP contribution is -2.27. The van der Waals surface area contributed by atoms with Gasteiger partial charge in [-0.05, 0) is 25.7 Å². The maximum atomic E-state index is 10.1. The fourth-order valence-corrected chi connectivity index (χ4v) is 2.19. The van der Waals surface area contributed by atoms with E-state index in [9.17, 15) is 5.11 Å². The molecule has 0 aromatic heterocycles. The lowest BCUT2D eigenvalue weighted by atomic mass is 9.84. The monoisotopic (exact) mass is 178 g/mol. The molecular formula is C12H18O. The molecule has 0 radical (unpaired) electrons. The van der Waals surface area contributed by atoms with Crippen molar-refractivity contribution in [3.05, 3.63) is 23.8 Å². The van der Waals surface area contributed by atoms with Gasteiger partial charge in [0.1, 0.15) is 0 Å². The number of allylic oxidation sites excluding steroid dienone is 2. The summed E-state index contributed by atoms with van der Waals surface area (Å²) >= 11 is 0. The predicted molar refractivity (Wildman–Crippen MR) is 54.5 cm³/mol. The van der Waals surface area contributed by atoms with E-state index in [0.717, 1.165) is 12.8 Å². The Kier molecular flexibility index (Phi) is 2.54. The van der Waals surface area contributed by atoms with Crippen LogP contribution in [0.5, 0.6) is 0 Å². The van der Waals surface area contributed by atoms with Crippen molar-refractivity contribution in [2.75, 3.05) is 0 Å². The van der Waals surface area contributed by atoms with E-state index in [-0.39, 0.29) is 0 Å². The van der Waals surface area contributed by atoms with E-state index < -0.39 is 5.60 Å². The number of fused-ring (bicyclic) bond motifs is 6. The van der Waals surface area contributed by atoms with E-state index in [1.807, 2.05) is 6.08 Å². The van der Waals surface area contributed by atoms with Gasteiger partial charge in [-0.15, -0.1) is 0 Å². The van der Waals surface area contributed by atoms with Crippen LogP contribution in [-0.4, -0.2) is 10.7 Å². The van der Waals surface area contributed by atoms with E-state index in [1.165, 1.54) is 37.7 Å². The van der Waals surface area contributed by atoms with Crippen molar-refractivity contribution in [2.24, 2.45) is 0 Å². The third kappa shape index (κ3) is 2.22. The molecule has 0 heterocycles. The Labute approximate surface area is 80.2 Å². The molecule has 0 saturated carbocycles. The second-order valence-electron chi connectivity index (χ2n) is 4.33. The van der Waals surface area contributed by atoms with E-state index in [4.69, 9.17) is 0 Å². The maximum Gasteiger partial charge on any atom is 0.0865 e. The van der Waals surface area contributed by atoms with E-state index in [2.05, 4.69) is 12.2 Å². The summed E-state index contributed by atoms with van der Waals surface area (Å²) in [5, 5.41) is 10.1. The average molecular weight is 178 g/mol. The van der Waals surface area contributed by atoms with Gasteiger partial charge in [-0.1, -0.05) is 43.1 Å². The second kappa shape index (κ2) is 3.67. The van der Waals surface area contributed by atoms with Gasteiger partial charge in [0.15, 0.2) is 0 Å². The third-order valence-electron chi connectivity index (χ3n) is 3.15. The van der Waals surface area contributed by atoms with Crippen LogP contribution in [0, 0.1) is 0 Å². The summed E-state index contributed by atoms with van der Waals surface area (Å²) in [6, 6.07) is 0. The summed E-state index contributed by atoms with van der Waals surface area (Å²) < 4.78 is 0. The molecule has 3 rings (SSSR count). The van der Waals surface area contributed by atoms with Crippen LogP contribution < -0.4 is 0 Å².